The van der Waals surface area contributed by atoms with Crippen LogP contribution in [0, 0.1) is 0 Å². The largest absolute Gasteiger partial charge is 0.389 e. The summed E-state index contributed by atoms with van der Waals surface area (Å²) in [6, 6.07) is 10.3. The number of hydrogen-bond acceptors (Lipinski definition) is 2. The van der Waals surface area contributed by atoms with Crippen LogP contribution in [0.25, 0.3) is 0 Å². The molecule has 1 rings (SSSR count). The summed E-state index contributed by atoms with van der Waals surface area (Å²) >= 11 is 0. The zero-order valence-corrected chi connectivity index (χ0v) is 12.8. The molecule has 1 N–H and O–H groups in total. The van der Waals surface area contributed by atoms with Crippen molar-refractivity contribution in [2.45, 2.75) is 44.8 Å². The minimum atomic E-state index is -4.03. The summed E-state index contributed by atoms with van der Waals surface area (Å²) in [5.41, 5.74) is 1.18. The molecule has 120 valence electrons. The third-order valence-corrected chi connectivity index (χ3v) is 3.46. The smallest absolute Gasteiger partial charge is 0.375 e. The molecule has 0 heterocycles. The second-order valence-electron chi connectivity index (χ2n) is 5.47. The molecule has 0 aliphatic rings. The van der Waals surface area contributed by atoms with Crippen molar-refractivity contribution in [2.75, 3.05) is 25.0 Å². The molecule has 21 heavy (non-hydrogen) atoms. The van der Waals surface area contributed by atoms with Crippen LogP contribution < -0.4 is 10.2 Å². The van der Waals surface area contributed by atoms with Crippen molar-refractivity contribution in [1.82, 2.24) is 5.32 Å². The highest BCUT2D eigenvalue weighted by Gasteiger charge is 2.26. The van der Waals surface area contributed by atoms with Crippen LogP contribution in [0.3, 0.4) is 0 Å². The Labute approximate surface area is 125 Å². The quantitative estimate of drug-likeness (QED) is 0.687. The molecule has 1 aromatic carbocycles. The summed E-state index contributed by atoms with van der Waals surface area (Å²) in [6.07, 6.45) is -2.99. The first-order valence-corrected chi connectivity index (χ1v) is 7.45. The molecule has 0 amide bonds. The SMILES string of the molecule is CC(CCCC(F)(F)F)NCCCN(C)c1ccccc1. The van der Waals surface area contributed by atoms with Gasteiger partial charge in [-0.3, -0.25) is 0 Å². The van der Waals surface area contributed by atoms with Gasteiger partial charge in [-0.1, -0.05) is 18.2 Å². The van der Waals surface area contributed by atoms with Crippen LogP contribution in [-0.4, -0.2) is 32.4 Å². The Morgan fingerprint density at radius 3 is 2.43 bits per heavy atom. The maximum absolute atomic E-state index is 12.0. The molecule has 0 aliphatic heterocycles. The molecule has 5 heteroatoms. The number of rotatable bonds is 9. The third kappa shape index (κ3) is 8.60. The van der Waals surface area contributed by atoms with Gasteiger partial charge < -0.3 is 10.2 Å². The van der Waals surface area contributed by atoms with Gasteiger partial charge in [0.2, 0.25) is 0 Å². The summed E-state index contributed by atoms with van der Waals surface area (Å²) in [5.74, 6) is 0. The Morgan fingerprint density at radius 2 is 1.81 bits per heavy atom. The number of nitrogens with zero attached hydrogens (tertiary/aromatic N) is 1. The number of para-hydroxylation sites is 1. The predicted molar refractivity (Wildman–Crippen MR) is 81.7 cm³/mol. The fraction of sp³-hybridized carbons (Fsp3) is 0.625. The highest BCUT2D eigenvalue weighted by molar-refractivity contribution is 5.44. The van der Waals surface area contributed by atoms with Crippen LogP contribution in [0.15, 0.2) is 30.3 Å². The molecule has 0 aliphatic carbocycles. The number of nitrogens with one attached hydrogen (secondary N) is 1. The molecule has 1 aromatic rings. The second-order valence-corrected chi connectivity index (χ2v) is 5.47. The van der Waals surface area contributed by atoms with Gasteiger partial charge >= 0.3 is 6.18 Å². The molecule has 1 atom stereocenters. The lowest BCUT2D eigenvalue weighted by Gasteiger charge is -2.20. The summed E-state index contributed by atoms with van der Waals surface area (Å²) in [7, 11) is 2.04. The molecule has 0 spiro atoms. The Balaban J connectivity index is 2.08. The van der Waals surface area contributed by atoms with E-state index in [1.165, 1.54) is 5.69 Å². The maximum atomic E-state index is 12.0. The molecule has 2 nitrogen and oxygen atoms in total. The van der Waals surface area contributed by atoms with Gasteiger partial charge in [0, 0.05) is 31.7 Å². The van der Waals surface area contributed by atoms with Gasteiger partial charge in [0.05, 0.1) is 0 Å². The van der Waals surface area contributed by atoms with Gasteiger partial charge in [0.15, 0.2) is 0 Å². The van der Waals surface area contributed by atoms with Crippen LogP contribution >= 0.6 is 0 Å². The van der Waals surface area contributed by atoms with E-state index in [9.17, 15) is 13.2 Å². The molecule has 0 aromatic heterocycles. The Morgan fingerprint density at radius 1 is 1.14 bits per heavy atom. The van der Waals surface area contributed by atoms with Gasteiger partial charge in [0.25, 0.3) is 0 Å². The van der Waals surface area contributed by atoms with Gasteiger partial charge in [0.1, 0.15) is 0 Å². The van der Waals surface area contributed by atoms with E-state index in [0.717, 1.165) is 19.5 Å². The number of alkyl halides is 3. The number of halogens is 3. The number of anilines is 1. The van der Waals surface area contributed by atoms with E-state index in [0.29, 0.717) is 6.42 Å². The average Bonchev–Trinajstić information content (AvgIpc) is 2.43. The first-order valence-electron chi connectivity index (χ1n) is 7.45. The number of hydrogen-bond donors (Lipinski definition) is 1. The van der Waals surface area contributed by atoms with E-state index in [-0.39, 0.29) is 12.5 Å². The fourth-order valence-electron chi connectivity index (χ4n) is 2.19. The van der Waals surface area contributed by atoms with Gasteiger partial charge in [-0.25, -0.2) is 0 Å². The summed E-state index contributed by atoms with van der Waals surface area (Å²) < 4.78 is 36.1. The first-order chi connectivity index (χ1) is 9.88. The third-order valence-electron chi connectivity index (χ3n) is 3.46. The van der Waals surface area contributed by atoms with Crippen molar-refractivity contribution >= 4 is 5.69 Å². The normalized spacial score (nSPS) is 13.2. The Bertz CT molecular complexity index is 379. The highest BCUT2D eigenvalue weighted by atomic mass is 19.4. The van der Waals surface area contributed by atoms with Crippen LogP contribution in [-0.2, 0) is 0 Å². The van der Waals surface area contributed by atoms with E-state index in [1.54, 1.807) is 0 Å². The minimum Gasteiger partial charge on any atom is -0.375 e. The average molecular weight is 302 g/mol. The Hall–Kier alpha value is -1.23. The van der Waals surface area contributed by atoms with Crippen molar-refractivity contribution in [2.24, 2.45) is 0 Å². The zero-order valence-electron chi connectivity index (χ0n) is 12.8. The van der Waals surface area contributed by atoms with E-state index >= 15 is 0 Å². The molecule has 0 radical (unpaired) electrons. The van der Waals surface area contributed by atoms with Crippen molar-refractivity contribution < 1.29 is 13.2 Å². The molecular weight excluding hydrogens is 277 g/mol. The monoisotopic (exact) mass is 302 g/mol. The van der Waals surface area contributed by atoms with Crippen LogP contribution in [0.4, 0.5) is 18.9 Å². The van der Waals surface area contributed by atoms with E-state index < -0.39 is 12.6 Å². The lowest BCUT2D eigenvalue weighted by atomic mass is 10.1. The van der Waals surface area contributed by atoms with E-state index in [2.05, 4.69) is 22.3 Å². The summed E-state index contributed by atoms with van der Waals surface area (Å²) in [6.45, 7) is 3.69. The standard InChI is InChI=1S/C16H25F3N2/c1-14(8-6-11-16(17,18)19)20-12-7-13-21(2)15-9-4-3-5-10-15/h3-5,9-10,14,20H,6-8,11-13H2,1-2H3. The molecule has 1 unspecified atom stereocenters. The fourth-order valence-corrected chi connectivity index (χ4v) is 2.19. The van der Waals surface area contributed by atoms with Crippen LogP contribution in [0.5, 0.6) is 0 Å². The summed E-state index contributed by atoms with van der Waals surface area (Å²) in [4.78, 5) is 2.18. The molecule has 0 saturated carbocycles. The van der Waals surface area contributed by atoms with Crippen molar-refractivity contribution in [3.63, 3.8) is 0 Å². The molecule has 0 saturated heterocycles. The molecular formula is C16H25F3N2. The number of benzene rings is 1. The van der Waals surface area contributed by atoms with Gasteiger partial charge in [-0.05, 0) is 44.9 Å². The van der Waals surface area contributed by atoms with E-state index in [4.69, 9.17) is 0 Å². The van der Waals surface area contributed by atoms with Gasteiger partial charge in [-0.15, -0.1) is 0 Å². The summed E-state index contributed by atoms with van der Waals surface area (Å²) in [5, 5.41) is 3.28. The minimum absolute atomic E-state index is 0.134. The van der Waals surface area contributed by atoms with Crippen LogP contribution in [0.2, 0.25) is 0 Å². The first kappa shape index (κ1) is 17.8. The lowest BCUT2D eigenvalue weighted by Crippen LogP contribution is -2.30. The molecule has 0 bridgehead atoms. The topological polar surface area (TPSA) is 15.3 Å². The Kier molecular flexibility index (Phi) is 7.57. The second kappa shape index (κ2) is 8.93. The van der Waals surface area contributed by atoms with Crippen LogP contribution in [0.1, 0.15) is 32.6 Å². The van der Waals surface area contributed by atoms with E-state index in [1.807, 2.05) is 32.2 Å². The highest BCUT2D eigenvalue weighted by Crippen LogP contribution is 2.22. The lowest BCUT2D eigenvalue weighted by molar-refractivity contribution is -0.135. The molecule has 0 fully saturated rings. The zero-order chi connectivity index (χ0) is 15.7. The van der Waals surface area contributed by atoms with Gasteiger partial charge in [-0.2, -0.15) is 13.2 Å². The van der Waals surface area contributed by atoms with Crippen molar-refractivity contribution in [3.05, 3.63) is 30.3 Å². The van der Waals surface area contributed by atoms with Crippen molar-refractivity contribution in [1.29, 1.82) is 0 Å². The predicted octanol–water partition coefficient (Wildman–Crippen LogP) is 4.22. The van der Waals surface area contributed by atoms with Crippen molar-refractivity contribution in [3.8, 4) is 0 Å². The maximum Gasteiger partial charge on any atom is 0.389 e.